The molecule has 3 nitrogen and oxygen atoms in total. The maximum Gasteiger partial charge on any atom is 0.127 e. The molecule has 21 heavy (non-hydrogen) atoms. The van der Waals surface area contributed by atoms with Crippen LogP contribution in [0.3, 0.4) is 0 Å². The number of benzene rings is 2. The van der Waals surface area contributed by atoms with Crippen LogP contribution in [-0.2, 0) is 13.0 Å². The van der Waals surface area contributed by atoms with E-state index in [1.807, 2.05) is 37.4 Å². The maximum atomic E-state index is 6.21. The van der Waals surface area contributed by atoms with Gasteiger partial charge < -0.3 is 15.4 Å². The van der Waals surface area contributed by atoms with Gasteiger partial charge in [-0.3, -0.25) is 0 Å². The SMILES string of the molecule is CN(Cc1cc(Cl)cc2c1OCC2)c1ccc(Br)cc1N. The van der Waals surface area contributed by atoms with Crippen molar-refractivity contribution in [1.29, 1.82) is 0 Å². The van der Waals surface area contributed by atoms with Crippen LogP contribution in [0.1, 0.15) is 11.1 Å². The van der Waals surface area contributed by atoms with Gasteiger partial charge in [-0.05, 0) is 35.9 Å². The highest BCUT2D eigenvalue weighted by molar-refractivity contribution is 9.10. The molecule has 3 rings (SSSR count). The van der Waals surface area contributed by atoms with E-state index in [-0.39, 0.29) is 0 Å². The first-order valence-corrected chi connectivity index (χ1v) is 7.92. The Kier molecular flexibility index (Phi) is 4.00. The smallest absolute Gasteiger partial charge is 0.127 e. The van der Waals surface area contributed by atoms with Crippen molar-refractivity contribution in [3.63, 3.8) is 0 Å². The summed E-state index contributed by atoms with van der Waals surface area (Å²) < 4.78 is 6.72. The maximum absolute atomic E-state index is 6.21. The molecule has 0 amide bonds. The molecule has 2 aromatic carbocycles. The van der Waals surface area contributed by atoms with E-state index in [4.69, 9.17) is 22.1 Å². The Balaban J connectivity index is 1.90. The number of nitrogens with two attached hydrogens (primary N) is 1. The monoisotopic (exact) mass is 366 g/mol. The number of nitrogens with zero attached hydrogens (tertiary/aromatic N) is 1. The third kappa shape index (κ3) is 2.97. The number of hydrogen-bond acceptors (Lipinski definition) is 3. The van der Waals surface area contributed by atoms with Gasteiger partial charge in [-0.15, -0.1) is 0 Å². The molecule has 0 aromatic heterocycles. The third-order valence-electron chi connectivity index (χ3n) is 3.63. The van der Waals surface area contributed by atoms with E-state index < -0.39 is 0 Å². The summed E-state index contributed by atoms with van der Waals surface area (Å²) in [5.41, 5.74) is 10.1. The number of ether oxygens (including phenoxy) is 1. The Bertz CT molecular complexity index is 690. The number of fused-ring (bicyclic) bond motifs is 1. The van der Waals surface area contributed by atoms with Gasteiger partial charge in [0.1, 0.15) is 5.75 Å². The van der Waals surface area contributed by atoms with Gasteiger partial charge in [-0.25, -0.2) is 0 Å². The van der Waals surface area contributed by atoms with E-state index in [1.165, 1.54) is 5.56 Å². The predicted octanol–water partition coefficient (Wildman–Crippen LogP) is 4.26. The van der Waals surface area contributed by atoms with Crippen molar-refractivity contribution in [1.82, 2.24) is 0 Å². The normalized spacial score (nSPS) is 12.9. The van der Waals surface area contributed by atoms with Crippen LogP contribution < -0.4 is 15.4 Å². The van der Waals surface area contributed by atoms with E-state index in [0.717, 1.165) is 45.2 Å². The van der Waals surface area contributed by atoms with Crippen molar-refractivity contribution in [3.8, 4) is 5.75 Å². The Labute approximate surface area is 137 Å². The molecule has 2 N–H and O–H groups in total. The van der Waals surface area contributed by atoms with E-state index in [9.17, 15) is 0 Å². The first-order valence-electron chi connectivity index (χ1n) is 6.75. The van der Waals surface area contributed by atoms with E-state index in [1.54, 1.807) is 0 Å². The van der Waals surface area contributed by atoms with Crippen molar-refractivity contribution >= 4 is 38.9 Å². The van der Waals surface area contributed by atoms with Gasteiger partial charge in [0.25, 0.3) is 0 Å². The van der Waals surface area contributed by atoms with E-state index >= 15 is 0 Å². The van der Waals surface area contributed by atoms with Gasteiger partial charge in [-0.1, -0.05) is 27.5 Å². The minimum atomic E-state index is 0.703. The van der Waals surface area contributed by atoms with Crippen LogP contribution in [0, 0.1) is 0 Å². The highest BCUT2D eigenvalue weighted by Gasteiger charge is 2.19. The van der Waals surface area contributed by atoms with Gasteiger partial charge in [0.15, 0.2) is 0 Å². The van der Waals surface area contributed by atoms with Crippen LogP contribution in [0.15, 0.2) is 34.8 Å². The second kappa shape index (κ2) is 5.78. The lowest BCUT2D eigenvalue weighted by molar-refractivity contribution is 0.353. The van der Waals surface area contributed by atoms with Crippen molar-refractivity contribution in [2.75, 3.05) is 24.3 Å². The fourth-order valence-electron chi connectivity index (χ4n) is 2.68. The highest BCUT2D eigenvalue weighted by Crippen LogP contribution is 2.35. The van der Waals surface area contributed by atoms with Crippen LogP contribution in [0.2, 0.25) is 5.02 Å². The minimum Gasteiger partial charge on any atom is -0.493 e. The average Bonchev–Trinajstić information content (AvgIpc) is 2.86. The molecule has 0 radical (unpaired) electrons. The molecule has 0 saturated heterocycles. The Morgan fingerprint density at radius 2 is 2.14 bits per heavy atom. The zero-order valence-corrected chi connectivity index (χ0v) is 14.0. The van der Waals surface area contributed by atoms with Gasteiger partial charge >= 0.3 is 0 Å². The molecule has 1 aliphatic rings. The molecule has 0 aliphatic carbocycles. The Hall–Kier alpha value is -1.39. The molecule has 0 bridgehead atoms. The molecule has 0 atom stereocenters. The Morgan fingerprint density at radius 1 is 1.33 bits per heavy atom. The second-order valence-electron chi connectivity index (χ2n) is 5.21. The summed E-state index contributed by atoms with van der Waals surface area (Å²) in [6.07, 6.45) is 0.924. The standard InChI is InChI=1S/C16H16BrClN2O/c1-20(15-3-2-12(17)8-14(15)19)9-11-7-13(18)6-10-4-5-21-16(10)11/h2-3,6-8H,4-5,9,19H2,1H3. The van der Waals surface area contributed by atoms with Crippen LogP contribution in [-0.4, -0.2) is 13.7 Å². The van der Waals surface area contributed by atoms with Crippen LogP contribution >= 0.6 is 27.5 Å². The van der Waals surface area contributed by atoms with E-state index in [2.05, 4.69) is 20.8 Å². The Morgan fingerprint density at radius 3 is 2.90 bits per heavy atom. The number of rotatable bonds is 3. The summed E-state index contributed by atoms with van der Waals surface area (Å²) in [6.45, 7) is 1.43. The molecule has 0 fully saturated rings. The van der Waals surface area contributed by atoms with E-state index in [0.29, 0.717) is 6.54 Å². The third-order valence-corrected chi connectivity index (χ3v) is 4.35. The molecule has 2 aromatic rings. The highest BCUT2D eigenvalue weighted by atomic mass is 79.9. The van der Waals surface area contributed by atoms with Gasteiger partial charge in [0, 0.05) is 35.1 Å². The molecular weight excluding hydrogens is 352 g/mol. The lowest BCUT2D eigenvalue weighted by atomic mass is 10.1. The van der Waals surface area contributed by atoms with Crippen LogP contribution in [0.4, 0.5) is 11.4 Å². The molecule has 1 heterocycles. The molecule has 0 unspecified atom stereocenters. The van der Waals surface area contributed by atoms with Crippen LogP contribution in [0.25, 0.3) is 0 Å². The lowest BCUT2D eigenvalue weighted by Crippen LogP contribution is -2.18. The fourth-order valence-corrected chi connectivity index (χ4v) is 3.32. The second-order valence-corrected chi connectivity index (χ2v) is 6.56. The number of halogens is 2. The van der Waals surface area contributed by atoms with Crippen molar-refractivity contribution in [2.24, 2.45) is 0 Å². The fraction of sp³-hybridized carbons (Fsp3) is 0.250. The number of anilines is 2. The van der Waals surface area contributed by atoms with Crippen molar-refractivity contribution in [3.05, 3.63) is 51.0 Å². The quantitative estimate of drug-likeness (QED) is 0.824. The molecular formula is C16H16BrClN2O. The summed E-state index contributed by atoms with van der Waals surface area (Å²) in [5.74, 6) is 0.974. The topological polar surface area (TPSA) is 38.5 Å². The van der Waals surface area contributed by atoms with Gasteiger partial charge in [-0.2, -0.15) is 0 Å². The van der Waals surface area contributed by atoms with Gasteiger partial charge in [0.2, 0.25) is 0 Å². The summed E-state index contributed by atoms with van der Waals surface area (Å²) in [6, 6.07) is 9.86. The summed E-state index contributed by atoms with van der Waals surface area (Å²) in [5, 5.41) is 0.756. The first-order chi connectivity index (χ1) is 10.0. The van der Waals surface area contributed by atoms with Crippen molar-refractivity contribution in [2.45, 2.75) is 13.0 Å². The largest absolute Gasteiger partial charge is 0.493 e. The summed E-state index contributed by atoms with van der Waals surface area (Å²) >= 11 is 9.63. The molecule has 1 aliphatic heterocycles. The van der Waals surface area contributed by atoms with Crippen molar-refractivity contribution < 1.29 is 4.74 Å². The summed E-state index contributed by atoms with van der Waals surface area (Å²) in [4.78, 5) is 2.11. The summed E-state index contributed by atoms with van der Waals surface area (Å²) in [7, 11) is 2.02. The molecule has 0 spiro atoms. The molecule has 110 valence electrons. The minimum absolute atomic E-state index is 0.703. The molecule has 0 saturated carbocycles. The van der Waals surface area contributed by atoms with Gasteiger partial charge in [0.05, 0.1) is 18.0 Å². The molecule has 5 heteroatoms. The zero-order valence-electron chi connectivity index (χ0n) is 11.7. The first kappa shape index (κ1) is 14.5. The number of nitrogen functional groups attached to an aromatic ring is 1. The predicted molar refractivity (Wildman–Crippen MR) is 91.3 cm³/mol. The average molecular weight is 368 g/mol. The lowest BCUT2D eigenvalue weighted by Gasteiger charge is -2.22. The van der Waals surface area contributed by atoms with Crippen LogP contribution in [0.5, 0.6) is 5.75 Å². The zero-order chi connectivity index (χ0) is 15.0. The number of hydrogen-bond donors (Lipinski definition) is 1.